The second-order valence-corrected chi connectivity index (χ2v) is 11.3. The summed E-state index contributed by atoms with van der Waals surface area (Å²) < 4.78 is 32.3. The highest BCUT2D eigenvalue weighted by atomic mass is 35.5. The van der Waals surface area contributed by atoms with Crippen LogP contribution >= 0.6 is 34.5 Å². The number of likely N-dealkylation sites (N-methyl/N-ethyl adjacent to an activating group) is 1. The number of nitrogens with zero attached hydrogens (tertiary/aromatic N) is 2. The largest absolute Gasteiger partial charge is 0.490 e. The lowest BCUT2D eigenvalue weighted by molar-refractivity contribution is -0.870. The van der Waals surface area contributed by atoms with Crippen LogP contribution in [0.15, 0.2) is 54.6 Å². The van der Waals surface area contributed by atoms with Gasteiger partial charge in [-0.05, 0) is 36.8 Å². The molecule has 7 nitrogen and oxygen atoms in total. The van der Waals surface area contributed by atoms with E-state index in [0.29, 0.717) is 21.7 Å². The van der Waals surface area contributed by atoms with Crippen molar-refractivity contribution in [3.05, 3.63) is 75.1 Å². The summed E-state index contributed by atoms with van der Waals surface area (Å²) in [6.07, 6.45) is -5.08. The lowest BCUT2D eigenvalue weighted by Crippen LogP contribution is -2.50. The number of rotatable bonds is 7. The molecule has 210 valence electrons. The Morgan fingerprint density at radius 2 is 1.56 bits per heavy atom. The summed E-state index contributed by atoms with van der Waals surface area (Å²) in [6.45, 7) is 2.52. The molecule has 1 atom stereocenters. The number of carboxylic acids is 2. The third-order valence-corrected chi connectivity index (χ3v) is 6.81. The molecular weight excluding hydrogens is 580 g/mol. The Labute approximate surface area is 237 Å². The highest BCUT2D eigenvalue weighted by molar-refractivity contribution is 7.18. The van der Waals surface area contributed by atoms with E-state index in [0.717, 1.165) is 21.8 Å². The van der Waals surface area contributed by atoms with Crippen molar-refractivity contribution in [2.45, 2.75) is 19.1 Å². The van der Waals surface area contributed by atoms with Crippen LogP contribution in [-0.4, -0.2) is 72.4 Å². The molecule has 3 rings (SSSR count). The zero-order valence-corrected chi connectivity index (χ0v) is 23.6. The molecule has 2 aromatic carbocycles. The second kappa shape index (κ2) is 12.8. The van der Waals surface area contributed by atoms with E-state index < -0.39 is 18.1 Å². The molecule has 13 heteroatoms. The number of thiophene rings is 1. The molecule has 3 aromatic rings. The minimum Gasteiger partial charge on any atom is -0.477 e. The van der Waals surface area contributed by atoms with E-state index in [4.69, 9.17) is 33.1 Å². The van der Waals surface area contributed by atoms with Gasteiger partial charge in [0.05, 0.1) is 50.0 Å². The molecule has 0 saturated heterocycles. The van der Waals surface area contributed by atoms with Crippen molar-refractivity contribution in [2.75, 3.05) is 32.6 Å². The molecule has 0 aliphatic carbocycles. The maximum Gasteiger partial charge on any atom is 0.490 e. The van der Waals surface area contributed by atoms with Crippen LogP contribution in [0.5, 0.6) is 0 Å². The van der Waals surface area contributed by atoms with Crippen molar-refractivity contribution in [3.8, 4) is 10.4 Å². The van der Waals surface area contributed by atoms with Gasteiger partial charge in [-0.3, -0.25) is 9.69 Å². The highest BCUT2D eigenvalue weighted by Gasteiger charge is 2.38. The fourth-order valence-corrected chi connectivity index (χ4v) is 5.16. The van der Waals surface area contributed by atoms with Crippen LogP contribution in [0.3, 0.4) is 0 Å². The van der Waals surface area contributed by atoms with Gasteiger partial charge in [-0.1, -0.05) is 53.5 Å². The van der Waals surface area contributed by atoms with Crippen molar-refractivity contribution < 1.29 is 42.3 Å². The Bertz CT molecular complexity index is 1340. The number of aliphatic carboxylic acids is 1. The number of hydrogen-bond donors (Lipinski definition) is 2. The van der Waals surface area contributed by atoms with Crippen LogP contribution in [0.25, 0.3) is 10.4 Å². The SMILES string of the molecule is CC(C[N+](C)(C)C)N(C(=O)c1ccc(Cl)cc1Cl)c1cc(-c2ccccc2)sc1C(=O)O.O=C(O)C(F)(F)F. The Morgan fingerprint density at radius 1 is 1.00 bits per heavy atom. The number of alkyl halides is 3. The van der Waals surface area contributed by atoms with E-state index in [1.54, 1.807) is 23.1 Å². The predicted molar refractivity (Wildman–Crippen MR) is 146 cm³/mol. The average molecular weight is 606 g/mol. The smallest absolute Gasteiger partial charge is 0.477 e. The summed E-state index contributed by atoms with van der Waals surface area (Å²) in [5, 5.41) is 17.7. The third kappa shape index (κ3) is 8.96. The van der Waals surface area contributed by atoms with Gasteiger partial charge in [-0.25, -0.2) is 9.59 Å². The summed E-state index contributed by atoms with van der Waals surface area (Å²) in [5.41, 5.74) is 1.52. The molecule has 2 N–H and O–H groups in total. The van der Waals surface area contributed by atoms with Crippen molar-refractivity contribution >= 4 is 58.1 Å². The fraction of sp³-hybridized carbons (Fsp3) is 0.269. The van der Waals surface area contributed by atoms with E-state index in [-0.39, 0.29) is 27.4 Å². The molecule has 39 heavy (non-hydrogen) atoms. The number of carbonyl (C=O) groups excluding carboxylic acids is 1. The first-order chi connectivity index (χ1) is 17.9. The van der Waals surface area contributed by atoms with Crippen LogP contribution < -0.4 is 4.90 Å². The predicted octanol–water partition coefficient (Wildman–Crippen LogP) is 6.79. The third-order valence-electron chi connectivity index (χ3n) is 5.10. The summed E-state index contributed by atoms with van der Waals surface area (Å²) >= 11 is 13.5. The Balaban J connectivity index is 0.000000673. The van der Waals surface area contributed by atoms with Gasteiger partial charge in [0, 0.05) is 9.90 Å². The average Bonchev–Trinajstić information content (AvgIpc) is 3.23. The molecule has 0 saturated carbocycles. The van der Waals surface area contributed by atoms with Crippen molar-refractivity contribution in [2.24, 2.45) is 0 Å². The fourth-order valence-electron chi connectivity index (χ4n) is 3.67. The Hall–Kier alpha value is -3.12. The van der Waals surface area contributed by atoms with Crippen LogP contribution in [-0.2, 0) is 4.79 Å². The van der Waals surface area contributed by atoms with Gasteiger partial charge in [0.1, 0.15) is 4.88 Å². The number of carbonyl (C=O) groups is 3. The van der Waals surface area contributed by atoms with Crippen molar-refractivity contribution in [1.29, 1.82) is 0 Å². The number of quaternary nitrogens is 1. The molecule has 0 aliphatic heterocycles. The maximum absolute atomic E-state index is 13.7. The molecular formula is C26H26Cl2F3N2O5S+. The van der Waals surface area contributed by atoms with E-state index >= 15 is 0 Å². The Kier molecular flexibility index (Phi) is 10.6. The van der Waals surface area contributed by atoms with Crippen LogP contribution in [0.4, 0.5) is 18.9 Å². The van der Waals surface area contributed by atoms with Gasteiger partial charge in [-0.15, -0.1) is 11.3 Å². The first-order valence-electron chi connectivity index (χ1n) is 11.2. The molecule has 1 amide bonds. The molecule has 0 spiro atoms. The Morgan fingerprint density at radius 3 is 2.03 bits per heavy atom. The lowest BCUT2D eigenvalue weighted by Gasteiger charge is -2.34. The minimum absolute atomic E-state index is 0.107. The number of benzene rings is 2. The van der Waals surface area contributed by atoms with E-state index in [1.165, 1.54) is 6.07 Å². The minimum atomic E-state index is -5.08. The molecule has 1 heterocycles. The molecule has 0 bridgehead atoms. The monoisotopic (exact) mass is 605 g/mol. The first kappa shape index (κ1) is 32.1. The number of amides is 1. The van der Waals surface area contributed by atoms with Gasteiger partial charge < -0.3 is 14.7 Å². The topological polar surface area (TPSA) is 94.9 Å². The van der Waals surface area contributed by atoms with Gasteiger partial charge in [-0.2, -0.15) is 13.2 Å². The molecule has 0 radical (unpaired) electrons. The van der Waals surface area contributed by atoms with Gasteiger partial charge in [0.25, 0.3) is 5.91 Å². The molecule has 0 fully saturated rings. The van der Waals surface area contributed by atoms with Gasteiger partial charge in [0.2, 0.25) is 0 Å². The summed E-state index contributed by atoms with van der Waals surface area (Å²) in [4.78, 5) is 37.2. The molecule has 1 unspecified atom stereocenters. The van der Waals surface area contributed by atoms with E-state index in [2.05, 4.69) is 0 Å². The summed E-state index contributed by atoms with van der Waals surface area (Å²) in [5.74, 6) is -4.20. The number of carboxylic acid groups (broad SMARTS) is 2. The normalized spacial score (nSPS) is 12.2. The number of anilines is 1. The zero-order chi connectivity index (χ0) is 29.7. The standard InChI is InChI=1S/C24H24Cl2N2O3S.C2HF3O2/c1-15(14-28(2,3)4)27(23(29)18-11-10-17(25)12-19(18)26)20-13-21(32-22(20)24(30)31)16-8-6-5-7-9-16;3-2(4,5)1(6)7/h5-13,15H,14H2,1-4H3;(H,6,7)/p+1. The number of halogens is 5. The van der Waals surface area contributed by atoms with Gasteiger partial charge in [0.15, 0.2) is 0 Å². The number of aromatic carboxylic acids is 1. The van der Waals surface area contributed by atoms with E-state index in [1.807, 2.05) is 58.4 Å². The second-order valence-electron chi connectivity index (χ2n) is 9.42. The summed E-state index contributed by atoms with van der Waals surface area (Å²) in [7, 11) is 6.07. The highest BCUT2D eigenvalue weighted by Crippen LogP contribution is 2.39. The van der Waals surface area contributed by atoms with Crippen molar-refractivity contribution in [1.82, 2.24) is 0 Å². The first-order valence-corrected chi connectivity index (χ1v) is 12.8. The summed E-state index contributed by atoms with van der Waals surface area (Å²) in [6, 6.07) is 15.7. The quantitative estimate of drug-likeness (QED) is 0.289. The molecule has 1 aromatic heterocycles. The van der Waals surface area contributed by atoms with Crippen LogP contribution in [0.1, 0.15) is 27.0 Å². The van der Waals surface area contributed by atoms with Crippen LogP contribution in [0.2, 0.25) is 10.0 Å². The van der Waals surface area contributed by atoms with Gasteiger partial charge >= 0.3 is 18.1 Å². The van der Waals surface area contributed by atoms with Crippen LogP contribution in [0, 0.1) is 0 Å². The maximum atomic E-state index is 13.7. The van der Waals surface area contributed by atoms with E-state index in [9.17, 15) is 27.9 Å². The number of hydrogen-bond acceptors (Lipinski definition) is 4. The van der Waals surface area contributed by atoms with Crippen molar-refractivity contribution in [3.63, 3.8) is 0 Å². The lowest BCUT2D eigenvalue weighted by atomic mass is 10.1. The zero-order valence-electron chi connectivity index (χ0n) is 21.3. The molecule has 0 aliphatic rings.